The van der Waals surface area contributed by atoms with Crippen LogP contribution in [0.3, 0.4) is 0 Å². The van der Waals surface area contributed by atoms with Crippen molar-refractivity contribution in [3.63, 3.8) is 0 Å². The SMILES string of the molecule is CC(C)[C@H]1CC[C@@H](C)C[C@H]1OC(=O)c1cccc(N2C(=O)[C@@H]3[C@H]4CC[C@@H](C4)[C@H]3C2=O)c1. The van der Waals surface area contributed by atoms with E-state index >= 15 is 0 Å². The molecule has 1 heterocycles. The van der Waals surface area contributed by atoms with E-state index in [1.165, 1.54) is 11.3 Å². The van der Waals surface area contributed by atoms with E-state index in [9.17, 15) is 14.4 Å². The summed E-state index contributed by atoms with van der Waals surface area (Å²) in [5, 5.41) is 0. The van der Waals surface area contributed by atoms with Gasteiger partial charge in [0.1, 0.15) is 6.10 Å². The lowest BCUT2D eigenvalue weighted by molar-refractivity contribution is -0.123. The highest BCUT2D eigenvalue weighted by Crippen LogP contribution is 2.56. The van der Waals surface area contributed by atoms with Crippen LogP contribution in [0.4, 0.5) is 5.69 Å². The standard InChI is InChI=1S/C26H33NO4/c1-14(2)20-10-7-15(3)11-21(20)31-26(30)18-5-4-6-19(13-18)27-24(28)22-16-8-9-17(12-16)23(22)25(27)29/h4-6,13-17,20-23H,7-12H2,1-3H3/t15-,16+,17+,20-,21-,22-,23-/m1/s1. The van der Waals surface area contributed by atoms with E-state index < -0.39 is 0 Å². The molecule has 4 fully saturated rings. The third-order valence-electron chi connectivity index (χ3n) is 8.49. The maximum atomic E-state index is 13.1. The molecule has 7 atom stereocenters. The Bertz CT molecular complexity index is 880. The average Bonchev–Trinajstić information content (AvgIpc) is 3.41. The Labute approximate surface area is 184 Å². The van der Waals surface area contributed by atoms with Crippen LogP contribution in [0, 0.1) is 41.4 Å². The van der Waals surface area contributed by atoms with E-state index in [0.717, 1.165) is 32.1 Å². The Morgan fingerprint density at radius 3 is 2.32 bits per heavy atom. The number of imide groups is 1. The fourth-order valence-corrected chi connectivity index (χ4v) is 6.89. The van der Waals surface area contributed by atoms with Gasteiger partial charge in [-0.2, -0.15) is 0 Å². The lowest BCUT2D eigenvalue weighted by Crippen LogP contribution is -2.36. The number of esters is 1. The number of carbonyl (C=O) groups is 3. The zero-order valence-electron chi connectivity index (χ0n) is 18.8. The van der Waals surface area contributed by atoms with Crippen LogP contribution < -0.4 is 4.90 Å². The van der Waals surface area contributed by atoms with Gasteiger partial charge < -0.3 is 4.74 Å². The van der Waals surface area contributed by atoms with Crippen molar-refractivity contribution in [3.8, 4) is 0 Å². The molecule has 31 heavy (non-hydrogen) atoms. The molecule has 5 rings (SSSR count). The van der Waals surface area contributed by atoms with Crippen molar-refractivity contribution >= 4 is 23.5 Å². The van der Waals surface area contributed by atoms with Crippen molar-refractivity contribution in [3.05, 3.63) is 29.8 Å². The third kappa shape index (κ3) is 3.41. The summed E-state index contributed by atoms with van der Waals surface area (Å²) in [7, 11) is 0. The highest BCUT2D eigenvalue weighted by molar-refractivity contribution is 6.22. The number of hydrogen-bond acceptors (Lipinski definition) is 4. The van der Waals surface area contributed by atoms with Gasteiger partial charge in [-0.25, -0.2) is 4.79 Å². The maximum Gasteiger partial charge on any atom is 0.338 e. The molecule has 3 aliphatic carbocycles. The van der Waals surface area contributed by atoms with Crippen LogP contribution in [0.1, 0.15) is 69.7 Å². The van der Waals surface area contributed by atoms with Crippen LogP contribution in [0.25, 0.3) is 0 Å². The minimum atomic E-state index is -0.356. The predicted octanol–water partition coefficient (Wildman–Crippen LogP) is 4.84. The van der Waals surface area contributed by atoms with Gasteiger partial charge in [0.05, 0.1) is 23.1 Å². The zero-order chi connectivity index (χ0) is 21.9. The van der Waals surface area contributed by atoms with E-state index in [1.54, 1.807) is 24.3 Å². The minimum absolute atomic E-state index is 0.0753. The van der Waals surface area contributed by atoms with Gasteiger partial charge in [0.15, 0.2) is 0 Å². The molecule has 0 spiro atoms. The van der Waals surface area contributed by atoms with Gasteiger partial charge in [0, 0.05) is 0 Å². The van der Waals surface area contributed by atoms with Gasteiger partial charge in [0.2, 0.25) is 11.8 Å². The monoisotopic (exact) mass is 423 g/mol. The fourth-order valence-electron chi connectivity index (χ4n) is 6.89. The average molecular weight is 424 g/mol. The van der Waals surface area contributed by atoms with E-state index in [-0.39, 0.29) is 35.7 Å². The Hall–Kier alpha value is -2.17. The molecule has 1 aromatic carbocycles. The molecule has 0 radical (unpaired) electrons. The van der Waals surface area contributed by atoms with E-state index in [4.69, 9.17) is 4.74 Å². The van der Waals surface area contributed by atoms with Crippen LogP contribution in [-0.2, 0) is 14.3 Å². The molecule has 2 bridgehead atoms. The molecule has 0 N–H and O–H groups in total. The van der Waals surface area contributed by atoms with E-state index in [0.29, 0.717) is 40.8 Å². The summed E-state index contributed by atoms with van der Waals surface area (Å²) in [5.41, 5.74) is 0.925. The van der Waals surface area contributed by atoms with Gasteiger partial charge in [-0.05, 0) is 79.9 Å². The largest absolute Gasteiger partial charge is 0.458 e. The second-order valence-electron chi connectivity index (χ2n) is 10.7. The number of anilines is 1. The third-order valence-corrected chi connectivity index (χ3v) is 8.49. The Morgan fingerprint density at radius 1 is 1.00 bits per heavy atom. The van der Waals surface area contributed by atoms with Gasteiger partial charge in [-0.3, -0.25) is 14.5 Å². The molecular formula is C26H33NO4. The van der Waals surface area contributed by atoms with Gasteiger partial charge >= 0.3 is 5.97 Å². The normalized spacial score (nSPS) is 36.9. The molecule has 2 amide bonds. The molecule has 3 saturated carbocycles. The zero-order valence-corrected chi connectivity index (χ0v) is 18.8. The van der Waals surface area contributed by atoms with Crippen LogP contribution in [-0.4, -0.2) is 23.9 Å². The number of fused-ring (bicyclic) bond motifs is 5. The van der Waals surface area contributed by atoms with Gasteiger partial charge in [0.25, 0.3) is 0 Å². The molecule has 5 heteroatoms. The molecule has 1 aromatic rings. The molecule has 0 unspecified atom stereocenters. The lowest BCUT2D eigenvalue weighted by atomic mass is 9.75. The highest BCUT2D eigenvalue weighted by atomic mass is 16.5. The van der Waals surface area contributed by atoms with Gasteiger partial charge in [-0.15, -0.1) is 0 Å². The second-order valence-corrected chi connectivity index (χ2v) is 10.7. The van der Waals surface area contributed by atoms with Crippen molar-refractivity contribution in [1.82, 2.24) is 0 Å². The quantitative estimate of drug-likeness (QED) is 0.513. The molecule has 1 saturated heterocycles. The molecule has 166 valence electrons. The van der Waals surface area contributed by atoms with E-state index in [2.05, 4.69) is 20.8 Å². The first-order chi connectivity index (χ1) is 14.8. The first-order valence-corrected chi connectivity index (χ1v) is 12.0. The molecular weight excluding hydrogens is 390 g/mol. The van der Waals surface area contributed by atoms with Crippen molar-refractivity contribution in [2.75, 3.05) is 4.90 Å². The van der Waals surface area contributed by atoms with Crippen molar-refractivity contribution in [2.45, 2.75) is 65.4 Å². The summed E-state index contributed by atoms with van der Waals surface area (Å²) in [5.74, 6) is 1.28. The smallest absolute Gasteiger partial charge is 0.338 e. The first-order valence-electron chi connectivity index (χ1n) is 12.0. The lowest BCUT2D eigenvalue weighted by Gasteiger charge is -2.36. The highest BCUT2D eigenvalue weighted by Gasteiger charge is 2.61. The first kappa shape index (κ1) is 20.7. The van der Waals surface area contributed by atoms with Gasteiger partial charge in [-0.1, -0.05) is 33.3 Å². The van der Waals surface area contributed by atoms with Crippen LogP contribution >= 0.6 is 0 Å². The number of ether oxygens (including phenoxy) is 1. The Kier molecular flexibility index (Phi) is 5.18. The van der Waals surface area contributed by atoms with Crippen LogP contribution in [0.15, 0.2) is 24.3 Å². The molecule has 5 nitrogen and oxygen atoms in total. The minimum Gasteiger partial charge on any atom is -0.458 e. The maximum absolute atomic E-state index is 13.1. The van der Waals surface area contributed by atoms with Crippen LogP contribution in [0.2, 0.25) is 0 Å². The van der Waals surface area contributed by atoms with Crippen molar-refractivity contribution < 1.29 is 19.1 Å². The van der Waals surface area contributed by atoms with Crippen molar-refractivity contribution in [1.29, 1.82) is 0 Å². The summed E-state index contributed by atoms with van der Waals surface area (Å²) in [4.78, 5) is 40.6. The number of amides is 2. The summed E-state index contributed by atoms with van der Waals surface area (Å²) in [6.07, 6.45) is 6.20. The molecule has 4 aliphatic rings. The topological polar surface area (TPSA) is 63.7 Å². The van der Waals surface area contributed by atoms with Crippen molar-refractivity contribution in [2.24, 2.45) is 41.4 Å². The Morgan fingerprint density at radius 2 is 1.68 bits per heavy atom. The summed E-state index contributed by atoms with van der Waals surface area (Å²) >= 11 is 0. The number of rotatable bonds is 4. The van der Waals surface area contributed by atoms with Crippen LogP contribution in [0.5, 0.6) is 0 Å². The summed E-state index contributed by atoms with van der Waals surface area (Å²) in [6, 6.07) is 6.89. The fraction of sp³-hybridized carbons (Fsp3) is 0.654. The van der Waals surface area contributed by atoms with E-state index in [1.807, 2.05) is 0 Å². The Balaban J connectivity index is 1.35. The number of carbonyl (C=O) groups excluding carboxylic acids is 3. The number of hydrogen-bond donors (Lipinski definition) is 0. The summed E-state index contributed by atoms with van der Waals surface area (Å²) < 4.78 is 5.98. The molecule has 0 aromatic heterocycles. The number of benzene rings is 1. The number of nitrogens with zero attached hydrogens (tertiary/aromatic N) is 1. The predicted molar refractivity (Wildman–Crippen MR) is 117 cm³/mol. The second kappa shape index (κ2) is 7.75. The summed E-state index contributed by atoms with van der Waals surface area (Å²) in [6.45, 7) is 6.60. The molecule has 1 aliphatic heterocycles.